The molecule has 2 atom stereocenters. The maximum absolute atomic E-state index is 10.9. The van der Waals surface area contributed by atoms with Gasteiger partial charge in [0.05, 0.1) is 15.8 Å². The van der Waals surface area contributed by atoms with Crippen LogP contribution in [-0.2, 0) is 0 Å². The number of nitro groups is 2. The van der Waals surface area contributed by atoms with Gasteiger partial charge in [0.2, 0.25) is 0 Å². The summed E-state index contributed by atoms with van der Waals surface area (Å²) in [6.07, 6.45) is 1.30. The monoisotopic (exact) mass is 261 g/mol. The van der Waals surface area contributed by atoms with Gasteiger partial charge in [0.25, 0.3) is 11.4 Å². The summed E-state index contributed by atoms with van der Waals surface area (Å²) in [5, 5.41) is 21.7. The minimum atomic E-state index is -0.852. The molecule has 2 unspecified atom stereocenters. The van der Waals surface area contributed by atoms with Crippen LogP contribution in [0.1, 0.15) is 13.8 Å². The van der Waals surface area contributed by atoms with E-state index in [1.165, 1.54) is 6.08 Å². The molecule has 1 aliphatic carbocycles. The topological polar surface area (TPSA) is 112 Å². The highest BCUT2D eigenvalue weighted by Gasteiger charge is 2.46. The van der Waals surface area contributed by atoms with Gasteiger partial charge in [-0.1, -0.05) is 13.8 Å². The number of hydrogen-bond donors (Lipinski definition) is 1. The average Bonchev–Trinajstić information content (AvgIpc) is 2.23. The molecule has 94 valence electrons. The van der Waals surface area contributed by atoms with Crippen LogP contribution in [-0.4, -0.2) is 15.7 Å². The van der Waals surface area contributed by atoms with E-state index in [-0.39, 0.29) is 11.6 Å². The van der Waals surface area contributed by atoms with Gasteiger partial charge in [-0.15, -0.1) is 11.6 Å². The molecule has 1 aliphatic rings. The van der Waals surface area contributed by atoms with Crippen molar-refractivity contribution in [1.82, 2.24) is 0 Å². The van der Waals surface area contributed by atoms with Crippen molar-refractivity contribution < 1.29 is 9.85 Å². The Hall–Kier alpha value is -1.63. The second-order valence-corrected chi connectivity index (χ2v) is 4.47. The molecule has 0 saturated heterocycles. The number of hydrogen-bond acceptors (Lipinski definition) is 5. The number of nitrogens with two attached hydrogens (primary N) is 1. The fourth-order valence-electron chi connectivity index (χ4n) is 1.75. The van der Waals surface area contributed by atoms with Gasteiger partial charge in [-0.2, -0.15) is 0 Å². The molecule has 0 radical (unpaired) electrons. The van der Waals surface area contributed by atoms with E-state index in [1.54, 1.807) is 13.8 Å². The summed E-state index contributed by atoms with van der Waals surface area (Å²) in [5.74, 6) is -0.547. The molecule has 8 heteroatoms. The number of halogens is 1. The van der Waals surface area contributed by atoms with Crippen molar-refractivity contribution in [1.29, 1.82) is 0 Å². The lowest BCUT2D eigenvalue weighted by atomic mass is 9.73. The number of nitrogens with zero attached hydrogens (tertiary/aromatic N) is 2. The van der Waals surface area contributed by atoms with Crippen LogP contribution in [0.3, 0.4) is 0 Å². The summed E-state index contributed by atoms with van der Waals surface area (Å²) in [6.45, 7) is 3.21. The maximum atomic E-state index is 10.9. The zero-order valence-corrected chi connectivity index (χ0v) is 10.1. The van der Waals surface area contributed by atoms with E-state index in [0.29, 0.717) is 0 Å². The molecule has 0 heterocycles. The molecular formula is C9H12ClN3O4. The summed E-state index contributed by atoms with van der Waals surface area (Å²) >= 11 is 5.75. The van der Waals surface area contributed by atoms with Crippen molar-refractivity contribution in [3.05, 3.63) is 43.4 Å². The maximum Gasteiger partial charge on any atom is 0.295 e. The van der Waals surface area contributed by atoms with E-state index in [9.17, 15) is 20.2 Å². The van der Waals surface area contributed by atoms with Gasteiger partial charge in [0, 0.05) is 17.4 Å². The first-order valence-corrected chi connectivity index (χ1v) is 5.35. The Morgan fingerprint density at radius 1 is 1.47 bits per heavy atom. The van der Waals surface area contributed by atoms with Crippen LogP contribution in [0.15, 0.2) is 23.2 Å². The van der Waals surface area contributed by atoms with Crippen LogP contribution in [0.2, 0.25) is 0 Å². The van der Waals surface area contributed by atoms with E-state index >= 15 is 0 Å². The zero-order chi connectivity index (χ0) is 13.4. The summed E-state index contributed by atoms with van der Waals surface area (Å²) in [7, 11) is 0. The van der Waals surface area contributed by atoms with Gasteiger partial charge in [0.15, 0.2) is 5.70 Å². The van der Waals surface area contributed by atoms with Crippen molar-refractivity contribution >= 4 is 11.6 Å². The Morgan fingerprint density at radius 2 is 2.00 bits per heavy atom. The summed E-state index contributed by atoms with van der Waals surface area (Å²) in [4.78, 5) is 20.3. The first-order chi connectivity index (χ1) is 7.74. The van der Waals surface area contributed by atoms with Gasteiger partial charge < -0.3 is 5.73 Å². The molecule has 0 aromatic rings. The summed E-state index contributed by atoms with van der Waals surface area (Å²) in [6, 6.07) is 0. The highest BCUT2D eigenvalue weighted by molar-refractivity contribution is 6.18. The van der Waals surface area contributed by atoms with Gasteiger partial charge in [0.1, 0.15) is 0 Å². The van der Waals surface area contributed by atoms with Gasteiger partial charge >= 0.3 is 0 Å². The van der Waals surface area contributed by atoms with Crippen LogP contribution >= 0.6 is 11.6 Å². The zero-order valence-electron chi connectivity index (χ0n) is 9.34. The Morgan fingerprint density at radius 3 is 2.35 bits per heavy atom. The molecule has 0 aromatic carbocycles. The summed E-state index contributed by atoms with van der Waals surface area (Å²) < 4.78 is 0. The van der Waals surface area contributed by atoms with Crippen LogP contribution in [0.5, 0.6) is 0 Å². The third-order valence-corrected chi connectivity index (χ3v) is 3.67. The Balaban J connectivity index is 3.46. The van der Waals surface area contributed by atoms with Gasteiger partial charge in [-0.3, -0.25) is 20.2 Å². The van der Waals surface area contributed by atoms with E-state index in [2.05, 4.69) is 0 Å². The molecule has 0 bridgehead atoms. The largest absolute Gasteiger partial charge is 0.388 e. The molecular weight excluding hydrogens is 250 g/mol. The smallest absolute Gasteiger partial charge is 0.295 e. The number of allylic oxidation sites excluding steroid dienone is 2. The second-order valence-electron chi connectivity index (χ2n) is 4.20. The number of alkyl halides is 1. The van der Waals surface area contributed by atoms with Crippen molar-refractivity contribution in [3.63, 3.8) is 0 Å². The molecule has 0 saturated carbocycles. The van der Waals surface area contributed by atoms with Crippen LogP contribution in [0.25, 0.3) is 0 Å². The lowest BCUT2D eigenvalue weighted by Gasteiger charge is -2.31. The molecule has 0 fully saturated rings. The predicted molar refractivity (Wildman–Crippen MR) is 61.3 cm³/mol. The first kappa shape index (κ1) is 13.4. The van der Waals surface area contributed by atoms with Crippen molar-refractivity contribution in [2.45, 2.75) is 13.8 Å². The number of rotatable bonds is 3. The van der Waals surface area contributed by atoms with Crippen LogP contribution in [0, 0.1) is 31.6 Å². The normalized spacial score (nSPS) is 28.9. The molecule has 7 nitrogen and oxygen atoms in total. The molecule has 1 rings (SSSR count). The van der Waals surface area contributed by atoms with E-state index in [0.717, 1.165) is 0 Å². The van der Waals surface area contributed by atoms with Crippen LogP contribution < -0.4 is 5.73 Å². The third-order valence-electron chi connectivity index (χ3n) is 3.10. The highest BCUT2D eigenvalue weighted by atomic mass is 35.5. The standard InChI is InChI=1S/C9H12ClN3O4/c1-5-8(13(16)17)7(11)6(12(14)15)3-9(5,2)4-10/h3,5H,4,11H2,1-2H3. The lowest BCUT2D eigenvalue weighted by molar-refractivity contribution is -0.448. The highest BCUT2D eigenvalue weighted by Crippen LogP contribution is 2.42. The van der Waals surface area contributed by atoms with Gasteiger partial charge in [-0.25, -0.2) is 0 Å². The first-order valence-electron chi connectivity index (χ1n) is 4.82. The SMILES string of the molecule is CC1C([N+](=O)[O-])=C(N)C([N+](=O)[O-])=CC1(C)CCl. The van der Waals surface area contributed by atoms with E-state index in [1.807, 2.05) is 0 Å². The quantitative estimate of drug-likeness (QED) is 0.470. The van der Waals surface area contributed by atoms with Crippen molar-refractivity contribution in [2.24, 2.45) is 17.1 Å². The molecule has 17 heavy (non-hydrogen) atoms. The van der Waals surface area contributed by atoms with E-state index in [4.69, 9.17) is 17.3 Å². The second kappa shape index (κ2) is 4.33. The molecule has 0 aromatic heterocycles. The fourth-order valence-corrected chi connectivity index (χ4v) is 2.06. The van der Waals surface area contributed by atoms with Crippen molar-refractivity contribution in [2.75, 3.05) is 5.88 Å². The minimum Gasteiger partial charge on any atom is -0.388 e. The van der Waals surface area contributed by atoms with Crippen molar-refractivity contribution in [3.8, 4) is 0 Å². The summed E-state index contributed by atoms with van der Waals surface area (Å²) in [5.41, 5.74) is 3.44. The Labute approximate surface area is 102 Å². The lowest BCUT2D eigenvalue weighted by Crippen LogP contribution is -2.36. The van der Waals surface area contributed by atoms with E-state index < -0.39 is 32.6 Å². The van der Waals surface area contributed by atoms with Crippen LogP contribution in [0.4, 0.5) is 0 Å². The fraction of sp³-hybridized carbons (Fsp3) is 0.556. The Bertz CT molecular complexity index is 446. The molecule has 0 amide bonds. The Kier molecular flexibility index (Phi) is 3.42. The predicted octanol–water partition coefficient (Wildman–Crippen LogP) is 1.49. The molecule has 2 N–H and O–H groups in total. The minimum absolute atomic E-state index is 0.0378. The average molecular weight is 262 g/mol. The van der Waals surface area contributed by atoms with Gasteiger partial charge in [-0.05, 0) is 0 Å². The third kappa shape index (κ3) is 2.10. The molecule has 0 aliphatic heterocycles. The molecule has 0 spiro atoms.